The normalized spacial score (nSPS) is 10.2. The number of benzene rings is 2. The predicted octanol–water partition coefficient (Wildman–Crippen LogP) is 3.54. The fraction of sp³-hybridized carbons (Fsp3) is 0.0714. The lowest BCUT2D eigenvalue weighted by Gasteiger charge is -2.09. The average Bonchev–Trinajstić information content (AvgIpc) is 2.38. The van der Waals surface area contributed by atoms with Gasteiger partial charge >= 0.3 is 0 Å². The van der Waals surface area contributed by atoms with Crippen LogP contribution in [0.2, 0.25) is 0 Å². The third-order valence-electron chi connectivity index (χ3n) is 2.50. The fourth-order valence-electron chi connectivity index (χ4n) is 1.60. The van der Waals surface area contributed by atoms with Gasteiger partial charge in [-0.3, -0.25) is 4.79 Å². The molecule has 2 aromatic carbocycles. The molecule has 0 aromatic heterocycles. The number of carbonyl (C=O) groups excluding carboxylic acids is 1. The van der Waals surface area contributed by atoms with Gasteiger partial charge in [0.15, 0.2) is 0 Å². The number of anilines is 1. The zero-order chi connectivity index (χ0) is 13.8. The molecule has 0 aliphatic carbocycles. The Morgan fingerprint density at radius 3 is 2.74 bits per heavy atom. The van der Waals surface area contributed by atoms with Gasteiger partial charge in [0.05, 0.1) is 5.56 Å². The molecule has 2 aromatic rings. The van der Waals surface area contributed by atoms with Crippen molar-refractivity contribution in [3.05, 3.63) is 52.5 Å². The lowest BCUT2D eigenvalue weighted by atomic mass is 10.2. The topological polar surface area (TPSA) is 55.1 Å². The Balaban J connectivity index is 2.38. The van der Waals surface area contributed by atoms with Crippen molar-refractivity contribution < 1.29 is 4.79 Å². The largest absolute Gasteiger partial charge is 0.399 e. The molecule has 0 aliphatic rings. The highest BCUT2D eigenvalue weighted by atomic mass is 79.9. The van der Waals surface area contributed by atoms with Crippen molar-refractivity contribution in [3.63, 3.8) is 0 Å². The van der Waals surface area contributed by atoms with E-state index in [4.69, 9.17) is 5.73 Å². The molecule has 0 aliphatic heterocycles. The van der Waals surface area contributed by atoms with Crippen LogP contribution in [0.25, 0.3) is 0 Å². The molecule has 98 valence electrons. The molecular formula is C14H13BrN2OS. The number of carbonyl (C=O) groups is 1. The van der Waals surface area contributed by atoms with Crippen molar-refractivity contribution in [2.75, 3.05) is 12.8 Å². The molecule has 0 heterocycles. The highest BCUT2D eigenvalue weighted by molar-refractivity contribution is 9.10. The lowest BCUT2D eigenvalue weighted by Crippen LogP contribution is -2.18. The second-order valence-electron chi connectivity index (χ2n) is 3.89. The van der Waals surface area contributed by atoms with Crippen LogP contribution in [0.4, 0.5) is 5.69 Å². The molecule has 0 saturated carbocycles. The van der Waals surface area contributed by atoms with Crippen LogP contribution < -0.4 is 11.1 Å². The van der Waals surface area contributed by atoms with Crippen LogP contribution in [-0.4, -0.2) is 13.0 Å². The van der Waals surface area contributed by atoms with Gasteiger partial charge in [0.1, 0.15) is 0 Å². The SMILES string of the molecule is CNC(=O)c1ccc(N)cc1Sc1cccc(Br)c1. The Labute approximate surface area is 124 Å². The second kappa shape index (κ2) is 6.12. The summed E-state index contributed by atoms with van der Waals surface area (Å²) in [6, 6.07) is 13.2. The van der Waals surface area contributed by atoms with Gasteiger partial charge < -0.3 is 11.1 Å². The third kappa shape index (κ3) is 3.52. The van der Waals surface area contributed by atoms with Crippen LogP contribution in [0.1, 0.15) is 10.4 Å². The first-order chi connectivity index (χ1) is 9.10. The highest BCUT2D eigenvalue weighted by Crippen LogP contribution is 2.33. The van der Waals surface area contributed by atoms with Gasteiger partial charge in [0.25, 0.3) is 5.91 Å². The first kappa shape index (κ1) is 14.0. The van der Waals surface area contributed by atoms with Gasteiger partial charge in [-0.1, -0.05) is 33.8 Å². The van der Waals surface area contributed by atoms with Gasteiger partial charge in [-0.2, -0.15) is 0 Å². The summed E-state index contributed by atoms with van der Waals surface area (Å²) in [6.07, 6.45) is 0. The van der Waals surface area contributed by atoms with E-state index in [1.165, 1.54) is 11.8 Å². The first-order valence-electron chi connectivity index (χ1n) is 5.65. The zero-order valence-electron chi connectivity index (χ0n) is 10.3. The van der Waals surface area contributed by atoms with E-state index in [0.29, 0.717) is 11.3 Å². The molecule has 0 atom stereocenters. The van der Waals surface area contributed by atoms with Gasteiger partial charge in [0, 0.05) is 27.0 Å². The second-order valence-corrected chi connectivity index (χ2v) is 5.93. The molecule has 5 heteroatoms. The van der Waals surface area contributed by atoms with Crippen LogP contribution in [-0.2, 0) is 0 Å². The molecule has 2 rings (SSSR count). The Bertz CT molecular complexity index is 616. The van der Waals surface area contributed by atoms with E-state index in [1.54, 1.807) is 19.2 Å². The number of nitrogens with two attached hydrogens (primary N) is 1. The number of rotatable bonds is 3. The maximum atomic E-state index is 11.8. The fourth-order valence-corrected chi connectivity index (χ4v) is 3.21. The number of hydrogen-bond donors (Lipinski definition) is 2. The van der Waals surface area contributed by atoms with Crippen LogP contribution in [0.15, 0.2) is 56.7 Å². The summed E-state index contributed by atoms with van der Waals surface area (Å²) in [5, 5.41) is 2.64. The molecule has 0 fully saturated rings. The minimum Gasteiger partial charge on any atom is -0.399 e. The highest BCUT2D eigenvalue weighted by Gasteiger charge is 2.11. The van der Waals surface area contributed by atoms with Crippen LogP contribution in [0.5, 0.6) is 0 Å². The number of amides is 1. The van der Waals surface area contributed by atoms with E-state index in [0.717, 1.165) is 14.3 Å². The summed E-state index contributed by atoms with van der Waals surface area (Å²) in [6.45, 7) is 0. The summed E-state index contributed by atoms with van der Waals surface area (Å²) in [5.74, 6) is -0.113. The summed E-state index contributed by atoms with van der Waals surface area (Å²) in [7, 11) is 1.62. The quantitative estimate of drug-likeness (QED) is 0.843. The van der Waals surface area contributed by atoms with Gasteiger partial charge in [-0.05, 0) is 36.4 Å². The summed E-state index contributed by atoms with van der Waals surface area (Å²) in [4.78, 5) is 13.7. The molecule has 3 N–H and O–H groups in total. The molecule has 0 radical (unpaired) electrons. The number of halogens is 1. The van der Waals surface area contributed by atoms with Crippen molar-refractivity contribution in [1.82, 2.24) is 5.32 Å². The predicted molar refractivity (Wildman–Crippen MR) is 82.5 cm³/mol. The van der Waals surface area contributed by atoms with E-state index in [9.17, 15) is 4.79 Å². The van der Waals surface area contributed by atoms with Crippen LogP contribution >= 0.6 is 27.7 Å². The Hall–Kier alpha value is -1.46. The molecule has 0 saturated heterocycles. The maximum Gasteiger partial charge on any atom is 0.252 e. The van der Waals surface area contributed by atoms with E-state index in [-0.39, 0.29) is 5.91 Å². The number of nitrogen functional groups attached to an aromatic ring is 1. The van der Waals surface area contributed by atoms with Gasteiger partial charge in [-0.25, -0.2) is 0 Å². The molecule has 0 bridgehead atoms. The minimum atomic E-state index is -0.113. The monoisotopic (exact) mass is 336 g/mol. The van der Waals surface area contributed by atoms with Gasteiger partial charge in [-0.15, -0.1) is 0 Å². The third-order valence-corrected chi connectivity index (χ3v) is 4.04. The van der Waals surface area contributed by atoms with E-state index in [2.05, 4.69) is 21.2 Å². The van der Waals surface area contributed by atoms with Crippen molar-refractivity contribution >= 4 is 39.3 Å². The van der Waals surface area contributed by atoms with Crippen LogP contribution in [0, 0.1) is 0 Å². The van der Waals surface area contributed by atoms with Crippen molar-refractivity contribution in [3.8, 4) is 0 Å². The standard InChI is InChI=1S/C14H13BrN2OS/c1-17-14(18)12-6-5-10(16)8-13(12)19-11-4-2-3-9(15)7-11/h2-8H,16H2,1H3,(H,17,18). The Kier molecular flexibility index (Phi) is 4.50. The van der Waals surface area contributed by atoms with E-state index < -0.39 is 0 Å². The molecule has 19 heavy (non-hydrogen) atoms. The maximum absolute atomic E-state index is 11.8. The minimum absolute atomic E-state index is 0.113. The molecular weight excluding hydrogens is 324 g/mol. The Morgan fingerprint density at radius 1 is 1.26 bits per heavy atom. The number of nitrogens with one attached hydrogen (secondary N) is 1. The van der Waals surface area contributed by atoms with Crippen molar-refractivity contribution in [2.45, 2.75) is 9.79 Å². The van der Waals surface area contributed by atoms with E-state index >= 15 is 0 Å². The first-order valence-corrected chi connectivity index (χ1v) is 7.26. The molecule has 0 unspecified atom stereocenters. The van der Waals surface area contributed by atoms with Gasteiger partial charge in [0.2, 0.25) is 0 Å². The summed E-state index contributed by atoms with van der Waals surface area (Å²) in [5.41, 5.74) is 7.07. The van der Waals surface area contributed by atoms with Crippen LogP contribution in [0.3, 0.4) is 0 Å². The molecule has 0 spiro atoms. The van der Waals surface area contributed by atoms with Crippen molar-refractivity contribution in [2.24, 2.45) is 0 Å². The zero-order valence-corrected chi connectivity index (χ0v) is 12.7. The summed E-state index contributed by atoms with van der Waals surface area (Å²) >= 11 is 4.95. The van der Waals surface area contributed by atoms with E-state index in [1.807, 2.05) is 30.3 Å². The number of hydrogen-bond acceptors (Lipinski definition) is 3. The van der Waals surface area contributed by atoms with Crippen molar-refractivity contribution in [1.29, 1.82) is 0 Å². The molecule has 3 nitrogen and oxygen atoms in total. The average molecular weight is 337 g/mol. The molecule has 1 amide bonds. The smallest absolute Gasteiger partial charge is 0.252 e. The summed E-state index contributed by atoms with van der Waals surface area (Å²) < 4.78 is 1.00. The lowest BCUT2D eigenvalue weighted by molar-refractivity contribution is 0.0960. The Morgan fingerprint density at radius 2 is 2.05 bits per heavy atom.